The second-order valence-corrected chi connectivity index (χ2v) is 5.23. The van der Waals surface area contributed by atoms with E-state index in [1.165, 1.54) is 0 Å². The van der Waals surface area contributed by atoms with E-state index < -0.39 is 6.10 Å². The van der Waals surface area contributed by atoms with Gasteiger partial charge in [-0.25, -0.2) is 0 Å². The Bertz CT molecular complexity index is 407. The van der Waals surface area contributed by atoms with Crippen molar-refractivity contribution < 1.29 is 9.53 Å². The second-order valence-electron chi connectivity index (χ2n) is 4.32. The molecule has 0 aliphatic carbocycles. The molecule has 0 aliphatic rings. The largest absolute Gasteiger partial charge is 0.369 e. The van der Waals surface area contributed by atoms with Gasteiger partial charge in [0.25, 0.3) is 5.91 Å². The number of anilines is 1. The van der Waals surface area contributed by atoms with Crippen molar-refractivity contribution in [1.82, 2.24) is 0 Å². The number of ether oxygens (including phenoxy) is 1. The van der Waals surface area contributed by atoms with Gasteiger partial charge in [0.2, 0.25) is 0 Å². The third-order valence-corrected chi connectivity index (χ3v) is 3.17. The van der Waals surface area contributed by atoms with E-state index in [1.807, 2.05) is 25.1 Å². The van der Waals surface area contributed by atoms with Crippen molar-refractivity contribution in [3.63, 3.8) is 0 Å². The smallest absolute Gasteiger partial charge is 0.253 e. The lowest BCUT2D eigenvalue weighted by Gasteiger charge is -2.14. The van der Waals surface area contributed by atoms with Gasteiger partial charge in [-0.15, -0.1) is 0 Å². The maximum atomic E-state index is 11.9. The second kappa shape index (κ2) is 7.54. The van der Waals surface area contributed by atoms with Crippen LogP contribution in [0.25, 0.3) is 0 Å². The summed E-state index contributed by atoms with van der Waals surface area (Å²) < 4.78 is 6.46. The first kappa shape index (κ1) is 15.2. The first-order valence-corrected chi connectivity index (χ1v) is 7.02. The van der Waals surface area contributed by atoms with Crippen LogP contribution in [0.15, 0.2) is 22.7 Å². The highest BCUT2D eigenvalue weighted by Crippen LogP contribution is 2.20. The Morgan fingerprint density at radius 2 is 2.22 bits per heavy atom. The molecular weight excluding hydrogens is 294 g/mol. The highest BCUT2D eigenvalue weighted by molar-refractivity contribution is 9.10. The molecule has 0 saturated heterocycles. The van der Waals surface area contributed by atoms with Gasteiger partial charge in [0.15, 0.2) is 0 Å². The third-order valence-electron chi connectivity index (χ3n) is 2.68. The first-order valence-electron chi connectivity index (χ1n) is 6.23. The number of benzene rings is 1. The van der Waals surface area contributed by atoms with Gasteiger partial charge in [0.05, 0.1) is 0 Å². The molecule has 0 radical (unpaired) electrons. The van der Waals surface area contributed by atoms with Crippen LogP contribution in [-0.2, 0) is 9.53 Å². The summed E-state index contributed by atoms with van der Waals surface area (Å²) in [6.07, 6.45) is 1.63. The van der Waals surface area contributed by atoms with Gasteiger partial charge < -0.3 is 10.1 Å². The molecule has 0 aromatic heterocycles. The van der Waals surface area contributed by atoms with Crippen molar-refractivity contribution in [3.05, 3.63) is 28.2 Å². The molecule has 0 spiro atoms. The lowest BCUT2D eigenvalue weighted by atomic mass is 10.2. The van der Waals surface area contributed by atoms with Crippen molar-refractivity contribution in [2.45, 2.75) is 39.7 Å². The van der Waals surface area contributed by atoms with Crippen LogP contribution in [0.2, 0.25) is 0 Å². The molecule has 0 bridgehead atoms. The van der Waals surface area contributed by atoms with Gasteiger partial charge in [-0.1, -0.05) is 29.3 Å². The normalized spacial score (nSPS) is 12.2. The molecule has 1 amide bonds. The SMILES string of the molecule is CCCCO[C@@H](C)C(=O)Nc1ccc(Br)cc1C. The monoisotopic (exact) mass is 313 g/mol. The summed E-state index contributed by atoms with van der Waals surface area (Å²) in [5.41, 5.74) is 1.85. The first-order chi connectivity index (χ1) is 8.54. The van der Waals surface area contributed by atoms with Crippen LogP contribution in [0.4, 0.5) is 5.69 Å². The molecule has 0 saturated carbocycles. The minimum absolute atomic E-state index is 0.100. The summed E-state index contributed by atoms with van der Waals surface area (Å²) in [5, 5.41) is 2.88. The number of halogens is 1. The Balaban J connectivity index is 2.53. The molecule has 0 heterocycles. The van der Waals surface area contributed by atoms with E-state index in [-0.39, 0.29) is 5.91 Å². The number of aryl methyl sites for hydroxylation is 1. The zero-order valence-corrected chi connectivity index (χ0v) is 12.7. The molecule has 1 N–H and O–H groups in total. The maximum absolute atomic E-state index is 11.9. The number of amides is 1. The molecule has 0 aliphatic heterocycles. The molecule has 1 aromatic rings. The number of hydrogen-bond donors (Lipinski definition) is 1. The van der Waals surface area contributed by atoms with Crippen molar-refractivity contribution in [2.24, 2.45) is 0 Å². The van der Waals surface area contributed by atoms with E-state index in [1.54, 1.807) is 6.92 Å². The van der Waals surface area contributed by atoms with E-state index >= 15 is 0 Å². The Morgan fingerprint density at radius 3 is 2.83 bits per heavy atom. The van der Waals surface area contributed by atoms with Crippen LogP contribution >= 0.6 is 15.9 Å². The van der Waals surface area contributed by atoms with Gasteiger partial charge in [-0.2, -0.15) is 0 Å². The van der Waals surface area contributed by atoms with Crippen LogP contribution in [0.1, 0.15) is 32.3 Å². The van der Waals surface area contributed by atoms with Crippen molar-refractivity contribution in [3.8, 4) is 0 Å². The van der Waals surface area contributed by atoms with Crippen LogP contribution in [-0.4, -0.2) is 18.6 Å². The molecule has 4 heteroatoms. The minimum Gasteiger partial charge on any atom is -0.369 e. The molecule has 0 unspecified atom stereocenters. The standard InChI is InChI=1S/C14H20BrNO2/c1-4-5-8-18-11(3)14(17)16-13-7-6-12(15)9-10(13)2/h6-7,9,11H,4-5,8H2,1-3H3,(H,16,17)/t11-/m0/s1. The molecule has 100 valence electrons. The number of nitrogens with one attached hydrogen (secondary N) is 1. The number of hydrogen-bond acceptors (Lipinski definition) is 2. The summed E-state index contributed by atoms with van der Waals surface area (Å²) in [4.78, 5) is 11.9. The van der Waals surface area contributed by atoms with Crippen molar-refractivity contribution in [2.75, 3.05) is 11.9 Å². The molecule has 1 rings (SSSR count). The summed E-state index contributed by atoms with van der Waals surface area (Å²) in [6, 6.07) is 5.76. The third kappa shape index (κ3) is 4.78. The molecule has 1 atom stereocenters. The van der Waals surface area contributed by atoms with E-state index in [2.05, 4.69) is 28.2 Å². The number of rotatable bonds is 6. The topological polar surface area (TPSA) is 38.3 Å². The van der Waals surface area contributed by atoms with Crippen molar-refractivity contribution >= 4 is 27.5 Å². The fourth-order valence-electron chi connectivity index (χ4n) is 1.48. The van der Waals surface area contributed by atoms with Crippen LogP contribution in [0.5, 0.6) is 0 Å². The van der Waals surface area contributed by atoms with Crippen LogP contribution in [0, 0.1) is 6.92 Å². The number of carbonyl (C=O) groups excluding carboxylic acids is 1. The quantitative estimate of drug-likeness (QED) is 0.809. The zero-order chi connectivity index (χ0) is 13.5. The summed E-state index contributed by atoms with van der Waals surface area (Å²) in [5.74, 6) is -0.100. The molecule has 1 aromatic carbocycles. The van der Waals surface area contributed by atoms with Gasteiger partial charge >= 0.3 is 0 Å². The van der Waals surface area contributed by atoms with E-state index in [4.69, 9.17) is 4.74 Å². The molecular formula is C14H20BrNO2. The summed E-state index contributed by atoms with van der Waals surface area (Å²) in [6.45, 7) is 6.46. The maximum Gasteiger partial charge on any atom is 0.253 e. The predicted molar refractivity (Wildman–Crippen MR) is 77.8 cm³/mol. The molecule has 18 heavy (non-hydrogen) atoms. The lowest BCUT2D eigenvalue weighted by Crippen LogP contribution is -2.28. The van der Waals surface area contributed by atoms with Gasteiger partial charge in [-0.05, 0) is 44.0 Å². The summed E-state index contributed by atoms with van der Waals surface area (Å²) >= 11 is 3.40. The Kier molecular flexibility index (Phi) is 6.36. The average molecular weight is 314 g/mol. The number of unbranched alkanes of at least 4 members (excludes halogenated alkanes) is 1. The highest BCUT2D eigenvalue weighted by atomic mass is 79.9. The predicted octanol–water partition coefficient (Wildman–Crippen LogP) is 3.90. The van der Waals surface area contributed by atoms with E-state index in [0.29, 0.717) is 6.61 Å². The molecule has 3 nitrogen and oxygen atoms in total. The van der Waals surface area contributed by atoms with E-state index in [0.717, 1.165) is 28.6 Å². The van der Waals surface area contributed by atoms with Crippen molar-refractivity contribution in [1.29, 1.82) is 0 Å². The van der Waals surface area contributed by atoms with Crippen LogP contribution < -0.4 is 5.32 Å². The minimum atomic E-state index is -0.417. The highest BCUT2D eigenvalue weighted by Gasteiger charge is 2.14. The number of carbonyl (C=O) groups is 1. The average Bonchev–Trinajstić information content (AvgIpc) is 2.32. The Morgan fingerprint density at radius 1 is 1.50 bits per heavy atom. The fourth-order valence-corrected chi connectivity index (χ4v) is 1.96. The van der Waals surface area contributed by atoms with Gasteiger partial charge in [0, 0.05) is 16.8 Å². The zero-order valence-electron chi connectivity index (χ0n) is 11.1. The lowest BCUT2D eigenvalue weighted by molar-refractivity contribution is -0.126. The molecule has 0 fully saturated rings. The fraction of sp³-hybridized carbons (Fsp3) is 0.500. The summed E-state index contributed by atoms with van der Waals surface area (Å²) in [7, 11) is 0. The van der Waals surface area contributed by atoms with Gasteiger partial charge in [0.1, 0.15) is 6.10 Å². The Labute approximate surface area is 117 Å². The Hall–Kier alpha value is -0.870. The van der Waals surface area contributed by atoms with Gasteiger partial charge in [-0.3, -0.25) is 4.79 Å². The van der Waals surface area contributed by atoms with E-state index in [9.17, 15) is 4.79 Å². The van der Waals surface area contributed by atoms with Crippen LogP contribution in [0.3, 0.4) is 0 Å².